The molecule has 0 unspecified atom stereocenters. The molecule has 0 bridgehead atoms. The van der Waals surface area contributed by atoms with Crippen molar-refractivity contribution < 1.29 is 14.6 Å². The number of ether oxygens (including phenoxy) is 1. The molecule has 0 saturated carbocycles. The van der Waals surface area contributed by atoms with Crippen LogP contribution in [0, 0.1) is 0 Å². The number of nitrogens with zero attached hydrogens (tertiary/aromatic N) is 1. The van der Waals surface area contributed by atoms with Gasteiger partial charge >= 0.3 is 0 Å². The van der Waals surface area contributed by atoms with Crippen LogP contribution in [0.3, 0.4) is 0 Å². The first kappa shape index (κ1) is 18.3. The Morgan fingerprint density at radius 3 is 2.81 bits per heavy atom. The van der Waals surface area contributed by atoms with E-state index in [1.807, 2.05) is 49.4 Å². The van der Waals surface area contributed by atoms with Gasteiger partial charge in [-0.05, 0) is 36.6 Å². The number of carbonyl (C=O) groups is 1. The summed E-state index contributed by atoms with van der Waals surface area (Å²) >= 11 is 0. The molecule has 3 rings (SSSR count). The number of phenols is 1. The minimum Gasteiger partial charge on any atom is -0.507 e. The zero-order valence-electron chi connectivity index (χ0n) is 15.0. The summed E-state index contributed by atoms with van der Waals surface area (Å²) in [4.78, 5) is 12.0. The first-order valence-electron chi connectivity index (χ1n) is 8.66. The molecule has 138 valence electrons. The summed E-state index contributed by atoms with van der Waals surface area (Å²) in [5.74, 6) is 0.394. The maximum atomic E-state index is 12.0. The molecule has 3 aromatic rings. The Balaban J connectivity index is 1.58. The molecule has 6 heteroatoms. The van der Waals surface area contributed by atoms with Gasteiger partial charge in [-0.15, -0.1) is 0 Å². The monoisotopic (exact) mass is 363 g/mol. The van der Waals surface area contributed by atoms with Crippen LogP contribution in [-0.2, 0) is 4.79 Å². The van der Waals surface area contributed by atoms with Crippen molar-refractivity contribution in [3.63, 3.8) is 0 Å². The van der Waals surface area contributed by atoms with Crippen molar-refractivity contribution in [3.05, 3.63) is 66.2 Å². The van der Waals surface area contributed by atoms with Gasteiger partial charge in [0.1, 0.15) is 11.5 Å². The number of nitrogens with one attached hydrogen (secondary N) is 2. The fourth-order valence-corrected chi connectivity index (χ4v) is 2.66. The largest absolute Gasteiger partial charge is 0.507 e. The van der Waals surface area contributed by atoms with E-state index in [9.17, 15) is 9.90 Å². The molecule has 0 aromatic heterocycles. The van der Waals surface area contributed by atoms with E-state index in [2.05, 4.69) is 15.8 Å². The molecular formula is C21H21N3O3. The Labute approximate surface area is 157 Å². The Hall–Kier alpha value is -3.54. The molecular weight excluding hydrogens is 342 g/mol. The second-order valence-electron chi connectivity index (χ2n) is 5.83. The van der Waals surface area contributed by atoms with Gasteiger partial charge in [-0.3, -0.25) is 4.79 Å². The number of amides is 1. The van der Waals surface area contributed by atoms with Gasteiger partial charge in [-0.1, -0.05) is 36.4 Å². The zero-order chi connectivity index (χ0) is 19.1. The topological polar surface area (TPSA) is 83.0 Å². The lowest BCUT2D eigenvalue weighted by molar-refractivity contribution is -0.119. The number of fused-ring (bicyclic) bond motifs is 1. The Morgan fingerprint density at radius 2 is 1.96 bits per heavy atom. The van der Waals surface area contributed by atoms with Crippen LogP contribution in [0.15, 0.2) is 65.8 Å². The minimum absolute atomic E-state index is 0.0605. The van der Waals surface area contributed by atoms with Gasteiger partial charge in [0, 0.05) is 16.6 Å². The first-order chi connectivity index (χ1) is 13.2. The van der Waals surface area contributed by atoms with Crippen molar-refractivity contribution in [2.24, 2.45) is 5.10 Å². The summed E-state index contributed by atoms with van der Waals surface area (Å²) in [6, 6.07) is 18.7. The maximum absolute atomic E-state index is 12.0. The molecule has 0 atom stereocenters. The molecule has 1 amide bonds. The fourth-order valence-electron chi connectivity index (χ4n) is 2.66. The van der Waals surface area contributed by atoms with Crippen LogP contribution in [0.5, 0.6) is 11.5 Å². The SMILES string of the molecule is CCOc1ccc(O)c(C=NNC(=O)CNc2cccc3ccccc23)c1. The lowest BCUT2D eigenvalue weighted by Crippen LogP contribution is -2.25. The van der Waals surface area contributed by atoms with Crippen LogP contribution < -0.4 is 15.5 Å². The van der Waals surface area contributed by atoms with E-state index >= 15 is 0 Å². The number of carbonyl (C=O) groups excluding carboxylic acids is 1. The molecule has 6 nitrogen and oxygen atoms in total. The summed E-state index contributed by atoms with van der Waals surface area (Å²) in [6.07, 6.45) is 1.38. The van der Waals surface area contributed by atoms with Crippen molar-refractivity contribution in [2.75, 3.05) is 18.5 Å². The fraction of sp³-hybridized carbons (Fsp3) is 0.143. The van der Waals surface area contributed by atoms with Gasteiger partial charge < -0.3 is 15.2 Å². The third-order valence-electron chi connectivity index (χ3n) is 3.93. The molecule has 0 radical (unpaired) electrons. The minimum atomic E-state index is -0.292. The van der Waals surface area contributed by atoms with Crippen molar-refractivity contribution in [2.45, 2.75) is 6.92 Å². The standard InChI is InChI=1S/C21H21N3O3/c1-2-27-17-10-11-20(25)16(12-17)13-23-24-21(26)14-22-19-9-5-7-15-6-3-4-8-18(15)19/h3-13,22,25H,2,14H2,1H3,(H,24,26). The van der Waals surface area contributed by atoms with Crippen molar-refractivity contribution in [1.29, 1.82) is 0 Å². The first-order valence-corrected chi connectivity index (χ1v) is 8.66. The number of benzene rings is 3. The van der Waals surface area contributed by atoms with E-state index in [-0.39, 0.29) is 18.2 Å². The van der Waals surface area contributed by atoms with Crippen molar-refractivity contribution >= 4 is 28.6 Å². The van der Waals surface area contributed by atoms with E-state index in [0.717, 1.165) is 16.5 Å². The van der Waals surface area contributed by atoms with Gasteiger partial charge in [-0.25, -0.2) is 5.43 Å². The number of anilines is 1. The van der Waals surface area contributed by atoms with Gasteiger partial charge in [0.05, 0.1) is 19.4 Å². The van der Waals surface area contributed by atoms with Gasteiger partial charge in [0.2, 0.25) is 0 Å². The highest BCUT2D eigenvalue weighted by molar-refractivity contribution is 5.95. The van der Waals surface area contributed by atoms with Crippen LogP contribution in [0.4, 0.5) is 5.69 Å². The summed E-state index contributed by atoms with van der Waals surface area (Å²) in [6.45, 7) is 2.48. The van der Waals surface area contributed by atoms with Crippen LogP contribution in [0.2, 0.25) is 0 Å². The number of hydrogen-bond acceptors (Lipinski definition) is 5. The van der Waals surface area contributed by atoms with E-state index in [4.69, 9.17) is 4.74 Å². The van der Waals surface area contributed by atoms with E-state index in [1.165, 1.54) is 12.3 Å². The quantitative estimate of drug-likeness (QED) is 0.443. The van der Waals surface area contributed by atoms with E-state index in [0.29, 0.717) is 17.9 Å². The van der Waals surface area contributed by atoms with Gasteiger partial charge in [-0.2, -0.15) is 5.10 Å². The molecule has 27 heavy (non-hydrogen) atoms. The molecule has 0 aliphatic rings. The van der Waals surface area contributed by atoms with Crippen LogP contribution in [-0.4, -0.2) is 30.4 Å². The lowest BCUT2D eigenvalue weighted by atomic mass is 10.1. The highest BCUT2D eigenvalue weighted by atomic mass is 16.5. The third-order valence-corrected chi connectivity index (χ3v) is 3.93. The lowest BCUT2D eigenvalue weighted by Gasteiger charge is -2.09. The third kappa shape index (κ3) is 4.76. The molecule has 0 aliphatic carbocycles. The predicted molar refractivity (Wildman–Crippen MR) is 107 cm³/mol. The molecule has 0 fully saturated rings. The highest BCUT2D eigenvalue weighted by Gasteiger charge is 2.04. The smallest absolute Gasteiger partial charge is 0.259 e. The molecule has 0 heterocycles. The molecule has 0 aliphatic heterocycles. The Morgan fingerprint density at radius 1 is 1.15 bits per heavy atom. The van der Waals surface area contributed by atoms with Crippen molar-refractivity contribution in [3.8, 4) is 11.5 Å². The number of aromatic hydroxyl groups is 1. The number of hydrogen-bond donors (Lipinski definition) is 3. The van der Waals surface area contributed by atoms with Gasteiger partial charge in [0.15, 0.2) is 0 Å². The number of phenolic OH excluding ortho intramolecular Hbond substituents is 1. The normalized spacial score (nSPS) is 10.9. The predicted octanol–water partition coefficient (Wildman–Crippen LogP) is 3.51. The average molecular weight is 363 g/mol. The summed E-state index contributed by atoms with van der Waals surface area (Å²) < 4.78 is 5.38. The van der Waals surface area contributed by atoms with Crippen molar-refractivity contribution in [1.82, 2.24) is 5.43 Å². The average Bonchev–Trinajstić information content (AvgIpc) is 2.69. The number of rotatable bonds is 7. The summed E-state index contributed by atoms with van der Waals surface area (Å²) in [5.41, 5.74) is 3.79. The summed E-state index contributed by atoms with van der Waals surface area (Å²) in [5, 5.41) is 19.0. The second-order valence-corrected chi connectivity index (χ2v) is 5.83. The Bertz CT molecular complexity index is 965. The molecule has 0 spiro atoms. The van der Waals surface area contributed by atoms with E-state index < -0.39 is 0 Å². The second kappa shape index (κ2) is 8.71. The maximum Gasteiger partial charge on any atom is 0.259 e. The molecule has 3 aromatic carbocycles. The molecule has 0 saturated heterocycles. The summed E-state index contributed by atoms with van der Waals surface area (Å²) in [7, 11) is 0. The zero-order valence-corrected chi connectivity index (χ0v) is 15.0. The van der Waals surface area contributed by atoms with E-state index in [1.54, 1.807) is 12.1 Å². The highest BCUT2D eigenvalue weighted by Crippen LogP contribution is 2.23. The molecule has 3 N–H and O–H groups in total. The van der Waals surface area contributed by atoms with Crippen LogP contribution in [0.1, 0.15) is 12.5 Å². The Kier molecular flexibility index (Phi) is 5.89. The van der Waals surface area contributed by atoms with Gasteiger partial charge in [0.25, 0.3) is 5.91 Å². The number of hydrazone groups is 1. The van der Waals surface area contributed by atoms with Crippen LogP contribution >= 0.6 is 0 Å². The van der Waals surface area contributed by atoms with Crippen LogP contribution in [0.25, 0.3) is 10.8 Å².